The van der Waals surface area contributed by atoms with Crippen molar-refractivity contribution in [1.82, 2.24) is 0 Å². The number of hydrogen-bond acceptors (Lipinski definition) is 3. The van der Waals surface area contributed by atoms with Crippen molar-refractivity contribution in [3.63, 3.8) is 0 Å². The van der Waals surface area contributed by atoms with E-state index in [0.717, 1.165) is 39.0 Å². The third-order valence-corrected chi connectivity index (χ3v) is 11.7. The van der Waals surface area contributed by atoms with Crippen LogP contribution in [0, 0.1) is 0 Å². The van der Waals surface area contributed by atoms with Crippen molar-refractivity contribution in [2.45, 2.75) is 0 Å². The summed E-state index contributed by atoms with van der Waals surface area (Å²) in [5.74, 6) is 0. The minimum atomic E-state index is 0.884. The summed E-state index contributed by atoms with van der Waals surface area (Å²) in [6.45, 7) is 0. The first kappa shape index (κ1) is 30.0. The van der Waals surface area contributed by atoms with Crippen molar-refractivity contribution in [2.75, 3.05) is 4.90 Å². The molecule has 2 aromatic heterocycles. The van der Waals surface area contributed by atoms with Crippen LogP contribution < -0.4 is 4.90 Å². The van der Waals surface area contributed by atoms with Gasteiger partial charge in [0.15, 0.2) is 0 Å². The van der Waals surface area contributed by atoms with Gasteiger partial charge in [-0.05, 0) is 117 Å². The minimum Gasteiger partial charge on any atom is -0.456 e. The van der Waals surface area contributed by atoms with E-state index in [1.165, 1.54) is 64.0 Å². The van der Waals surface area contributed by atoms with Crippen molar-refractivity contribution in [1.29, 1.82) is 0 Å². The summed E-state index contributed by atoms with van der Waals surface area (Å²) in [6, 6.07) is 68.2. The lowest BCUT2D eigenvalue weighted by Gasteiger charge is -2.27. The Hall–Kier alpha value is -6.68. The molecule has 0 unspecified atom stereocenters. The number of benzene rings is 9. The minimum absolute atomic E-state index is 0.884. The highest BCUT2D eigenvalue weighted by molar-refractivity contribution is 7.25. The largest absolute Gasteiger partial charge is 0.456 e. The summed E-state index contributed by atoms with van der Waals surface area (Å²) in [7, 11) is 0. The van der Waals surface area contributed by atoms with E-state index in [1.54, 1.807) is 0 Å². The molecule has 0 bridgehead atoms. The van der Waals surface area contributed by atoms with E-state index in [1.807, 2.05) is 23.5 Å². The number of para-hydroxylation sites is 1. The summed E-state index contributed by atoms with van der Waals surface area (Å²) in [6.07, 6.45) is 0. The van der Waals surface area contributed by atoms with Crippen LogP contribution in [0.5, 0.6) is 0 Å². The van der Waals surface area contributed by atoms with E-state index in [0.29, 0.717) is 0 Å². The zero-order valence-electron chi connectivity index (χ0n) is 28.7. The summed E-state index contributed by atoms with van der Waals surface area (Å²) < 4.78 is 8.94. The highest BCUT2D eigenvalue weighted by Crippen LogP contribution is 2.44. The molecule has 9 aromatic carbocycles. The van der Waals surface area contributed by atoms with Crippen LogP contribution in [-0.4, -0.2) is 0 Å². The summed E-state index contributed by atoms with van der Waals surface area (Å²) in [5.41, 5.74) is 9.72. The molecule has 0 spiro atoms. The maximum Gasteiger partial charge on any atom is 0.135 e. The molecule has 53 heavy (non-hydrogen) atoms. The topological polar surface area (TPSA) is 16.4 Å². The molecule has 0 saturated heterocycles. The van der Waals surface area contributed by atoms with Gasteiger partial charge in [-0.2, -0.15) is 0 Å². The van der Waals surface area contributed by atoms with Gasteiger partial charge >= 0.3 is 0 Å². The van der Waals surface area contributed by atoms with Crippen LogP contribution >= 0.6 is 11.3 Å². The van der Waals surface area contributed by atoms with Gasteiger partial charge in [-0.15, -0.1) is 11.3 Å². The number of fused-ring (bicyclic) bond motifs is 9. The van der Waals surface area contributed by atoms with Gasteiger partial charge in [0.25, 0.3) is 0 Å². The second-order valence-corrected chi connectivity index (χ2v) is 14.8. The fraction of sp³-hybridized carbons (Fsp3) is 0. The Morgan fingerprint density at radius 1 is 0.321 bits per heavy atom. The van der Waals surface area contributed by atoms with Crippen molar-refractivity contribution in [3.05, 3.63) is 188 Å². The first-order valence-corrected chi connectivity index (χ1v) is 18.8. The predicted octanol–water partition coefficient (Wildman–Crippen LogP) is 15.1. The molecule has 0 aliphatic carbocycles. The number of rotatable bonds is 5. The van der Waals surface area contributed by atoms with Crippen molar-refractivity contribution >= 4 is 92.1 Å². The van der Waals surface area contributed by atoms with Gasteiger partial charge in [0.1, 0.15) is 11.2 Å². The van der Waals surface area contributed by atoms with Gasteiger partial charge in [0, 0.05) is 48.0 Å². The molecule has 0 radical (unpaired) electrons. The average Bonchev–Trinajstić information content (AvgIpc) is 3.78. The lowest BCUT2D eigenvalue weighted by atomic mass is 9.96. The van der Waals surface area contributed by atoms with Gasteiger partial charge in [0.05, 0.1) is 0 Å². The first-order valence-electron chi connectivity index (χ1n) is 18.0. The molecule has 0 aliphatic heterocycles. The van der Waals surface area contributed by atoms with Crippen LogP contribution in [0.4, 0.5) is 17.1 Å². The zero-order chi connectivity index (χ0) is 34.9. The van der Waals surface area contributed by atoms with Gasteiger partial charge in [-0.25, -0.2) is 0 Å². The van der Waals surface area contributed by atoms with Gasteiger partial charge in [0.2, 0.25) is 0 Å². The lowest BCUT2D eigenvalue weighted by molar-refractivity contribution is 0.669. The fourth-order valence-corrected chi connectivity index (χ4v) is 9.17. The third-order valence-electron chi connectivity index (χ3n) is 10.6. The first-order chi connectivity index (χ1) is 26.2. The molecule has 0 atom stereocenters. The lowest BCUT2D eigenvalue weighted by Crippen LogP contribution is -2.10. The van der Waals surface area contributed by atoms with Crippen LogP contribution in [0.3, 0.4) is 0 Å². The average molecular weight is 694 g/mol. The van der Waals surface area contributed by atoms with Gasteiger partial charge < -0.3 is 9.32 Å². The van der Waals surface area contributed by atoms with E-state index in [2.05, 4.69) is 181 Å². The highest BCUT2D eigenvalue weighted by Gasteiger charge is 2.19. The molecule has 3 heteroatoms. The Balaban J connectivity index is 1.19. The van der Waals surface area contributed by atoms with Crippen LogP contribution in [0.25, 0.3) is 85.9 Å². The van der Waals surface area contributed by atoms with Crippen molar-refractivity contribution in [2.24, 2.45) is 0 Å². The molecule has 0 aliphatic rings. The van der Waals surface area contributed by atoms with Crippen LogP contribution in [0.2, 0.25) is 0 Å². The molecule has 0 fully saturated rings. The molecule has 248 valence electrons. The van der Waals surface area contributed by atoms with Crippen LogP contribution in [0.1, 0.15) is 0 Å². The molecule has 0 amide bonds. The molecule has 2 heterocycles. The van der Waals surface area contributed by atoms with E-state index in [-0.39, 0.29) is 0 Å². The van der Waals surface area contributed by atoms with E-state index in [9.17, 15) is 0 Å². The maximum atomic E-state index is 6.30. The smallest absolute Gasteiger partial charge is 0.135 e. The van der Waals surface area contributed by atoms with E-state index >= 15 is 0 Å². The Morgan fingerprint density at radius 3 is 1.68 bits per heavy atom. The maximum absolute atomic E-state index is 6.30. The predicted molar refractivity (Wildman–Crippen MR) is 227 cm³/mol. The monoisotopic (exact) mass is 693 g/mol. The van der Waals surface area contributed by atoms with Crippen molar-refractivity contribution < 1.29 is 4.42 Å². The number of hydrogen-bond donors (Lipinski definition) is 0. The Bertz CT molecular complexity index is 3120. The number of furan rings is 1. The van der Waals surface area contributed by atoms with Crippen LogP contribution in [-0.2, 0) is 0 Å². The van der Waals surface area contributed by atoms with Gasteiger partial charge in [-0.1, -0.05) is 115 Å². The standard InChI is InChI=1S/C50H31NOS/c1-3-11-32(12-4-1)36-25-37(33-13-5-2-6-14-33)27-40(26-36)51(39-23-24-48-45(30-39)41-15-7-9-17-47(41)52-48)38-22-21-34-19-20-35-28-50-46(31-44(35)43(34)29-38)42-16-8-10-18-49(42)53-50/h1-31H. The van der Waals surface area contributed by atoms with Crippen molar-refractivity contribution in [3.8, 4) is 22.3 Å². The Labute approximate surface area is 310 Å². The zero-order valence-corrected chi connectivity index (χ0v) is 29.5. The number of thiophene rings is 1. The van der Waals surface area contributed by atoms with E-state index < -0.39 is 0 Å². The molecular formula is C50H31NOS. The Kier molecular flexibility index (Phi) is 6.76. The Morgan fingerprint density at radius 2 is 0.906 bits per heavy atom. The molecule has 2 nitrogen and oxygen atoms in total. The molecule has 11 aromatic rings. The van der Waals surface area contributed by atoms with Gasteiger partial charge in [-0.3, -0.25) is 0 Å². The molecular weight excluding hydrogens is 663 g/mol. The molecule has 11 rings (SSSR count). The number of anilines is 3. The fourth-order valence-electron chi connectivity index (χ4n) is 8.03. The van der Waals surface area contributed by atoms with E-state index in [4.69, 9.17) is 4.42 Å². The SMILES string of the molecule is c1ccc(-c2cc(-c3ccccc3)cc(N(c3ccc4ccc5cc6sc7ccccc7c6cc5c4c3)c3ccc4oc5ccccc5c4c3)c2)cc1. The normalized spacial score (nSPS) is 11.8. The summed E-state index contributed by atoms with van der Waals surface area (Å²) in [5, 5.41) is 9.82. The quantitative estimate of drug-likeness (QED) is 0.167. The number of nitrogens with zero attached hydrogens (tertiary/aromatic N) is 1. The summed E-state index contributed by atoms with van der Waals surface area (Å²) in [4.78, 5) is 2.41. The summed E-state index contributed by atoms with van der Waals surface area (Å²) >= 11 is 1.87. The second-order valence-electron chi connectivity index (χ2n) is 13.8. The van der Waals surface area contributed by atoms with Crippen LogP contribution in [0.15, 0.2) is 192 Å². The molecule has 0 N–H and O–H groups in total. The molecule has 0 saturated carbocycles. The third kappa shape index (κ3) is 5.01. The second kappa shape index (κ2) is 11.9. The highest BCUT2D eigenvalue weighted by atomic mass is 32.1.